The molecule has 103 heavy (non-hydrogen) atoms. The van der Waals surface area contributed by atoms with E-state index in [1.807, 2.05) is 48.5 Å². The van der Waals surface area contributed by atoms with Gasteiger partial charge in [0, 0.05) is 67.8 Å². The standard InChI is InChI=1S/C75H131ClN12O15/c1-20-48(10)65-69(96)80-63(50(12)90)75(102)81(13)41-62(92)82(14)57(35-45(4)5)66(93)78-55(72(99)88-32-25-22-26-33-88)40-61(91)86(18)64(47(8)9)68(95)79-56(43-103-42-49(11)89)71(98)84(16)59(36-46(6)7)73(100)83(15)58(39-52-30-27-31-53(76)37-52)67(94)77-54(34-44(2)3)70(97)85(17)60(74(101)87(65)19)38-51-28-23-21-24-29-51/h44-60,63-65,89-90H,20-43H2,1-19H3,(H,77,94)(H,78,93)(H,79,95)(H,80,96)/t48-,49-,50+,52?,53?,54-,55-,56-,57-,58-,59-,60-,63-,64-,65-/m0/s1. The number of carbonyl (C=O) groups is 12. The first-order valence-electron chi connectivity index (χ1n) is 38.2. The molecule has 4 aliphatic rings. The largest absolute Gasteiger partial charge is 0.391 e. The van der Waals surface area contributed by atoms with Gasteiger partial charge in [0.1, 0.15) is 60.4 Å². The van der Waals surface area contributed by atoms with Gasteiger partial charge in [-0.05, 0) is 119 Å². The van der Waals surface area contributed by atoms with Gasteiger partial charge in [-0.2, -0.15) is 0 Å². The Morgan fingerprint density at radius 3 is 1.56 bits per heavy atom. The molecule has 6 N–H and O–H groups in total. The molecule has 0 aromatic carbocycles. The van der Waals surface area contributed by atoms with Crippen LogP contribution in [0.1, 0.15) is 205 Å². The number of nitrogens with zero attached hydrogens (tertiary/aromatic N) is 8. The van der Waals surface area contributed by atoms with Gasteiger partial charge in [0.25, 0.3) is 0 Å². The maximum atomic E-state index is 15.7. The highest BCUT2D eigenvalue weighted by atomic mass is 35.5. The maximum Gasteiger partial charge on any atom is 0.248 e. The molecule has 2 aliphatic carbocycles. The number of nitrogens with one attached hydrogen (secondary N) is 4. The van der Waals surface area contributed by atoms with E-state index in [0.29, 0.717) is 45.2 Å². The molecule has 588 valence electrons. The third-order valence-corrected chi connectivity index (χ3v) is 21.8. The van der Waals surface area contributed by atoms with Crippen LogP contribution in [0.2, 0.25) is 0 Å². The van der Waals surface area contributed by atoms with Gasteiger partial charge in [-0.1, -0.05) is 121 Å². The quantitative estimate of drug-likeness (QED) is 0.0968. The van der Waals surface area contributed by atoms with Crippen LogP contribution in [0.5, 0.6) is 0 Å². The van der Waals surface area contributed by atoms with E-state index in [4.69, 9.17) is 16.3 Å². The van der Waals surface area contributed by atoms with Crippen molar-refractivity contribution in [1.82, 2.24) is 60.5 Å². The highest BCUT2D eigenvalue weighted by molar-refractivity contribution is 6.20. The summed E-state index contributed by atoms with van der Waals surface area (Å²) in [4.78, 5) is 192. The summed E-state index contributed by atoms with van der Waals surface area (Å²) >= 11 is 6.82. The molecule has 0 aromatic rings. The lowest BCUT2D eigenvalue weighted by molar-refractivity contribution is -0.153. The van der Waals surface area contributed by atoms with E-state index in [1.54, 1.807) is 25.7 Å². The minimum absolute atomic E-state index is 0.00283. The van der Waals surface area contributed by atoms with E-state index in [1.165, 1.54) is 82.8 Å². The van der Waals surface area contributed by atoms with Gasteiger partial charge in [0.2, 0.25) is 70.9 Å². The molecule has 12 amide bonds. The topological polar surface area (TPSA) is 329 Å². The summed E-state index contributed by atoms with van der Waals surface area (Å²) in [6.07, 6.45) is 7.09. The van der Waals surface area contributed by atoms with Crippen molar-refractivity contribution in [2.75, 3.05) is 82.2 Å². The third kappa shape index (κ3) is 26.1. The normalized spacial score (nSPS) is 28.8. The number of likely N-dealkylation sites (N-methyl/N-ethyl adjacent to an activating group) is 7. The number of rotatable bonds is 19. The molecule has 0 radical (unpaired) electrons. The zero-order valence-corrected chi connectivity index (χ0v) is 66.4. The van der Waals surface area contributed by atoms with Crippen molar-refractivity contribution >= 4 is 82.5 Å². The fraction of sp³-hybridized carbons (Fsp3) is 0.840. The lowest BCUT2D eigenvalue weighted by atomic mass is 9.83. The lowest BCUT2D eigenvalue weighted by Crippen LogP contribution is -2.63. The molecule has 15 atom stereocenters. The summed E-state index contributed by atoms with van der Waals surface area (Å²) in [5.74, 6) is -10.5. The van der Waals surface area contributed by atoms with Crippen LogP contribution < -0.4 is 21.3 Å². The van der Waals surface area contributed by atoms with Gasteiger partial charge in [-0.25, -0.2) is 0 Å². The van der Waals surface area contributed by atoms with E-state index < -0.39 is 175 Å². The van der Waals surface area contributed by atoms with Crippen LogP contribution in [0, 0.1) is 41.4 Å². The van der Waals surface area contributed by atoms with Crippen LogP contribution in [0.3, 0.4) is 0 Å². The Morgan fingerprint density at radius 2 is 1.01 bits per heavy atom. The number of aliphatic hydroxyl groups is 2. The second-order valence-corrected chi connectivity index (χ2v) is 32.6. The SMILES string of the molecule is CC[C@H](C)[C@H]1C(=O)N[C@@H]([C@@H](C)O)C(=O)N(C)CC(=O)N(C)[C@@H](CC(C)C)C(=O)N[C@H](C(=O)N2CCCCC2)CC(=O)N(C)[C@@H](C(C)C)C(=O)N[C@@H](COC[C@H](C)O)C(=O)N(C)[C@@H](CC(C)C)C(=O)N(C)[C@@H](CC2CCCC(Cl)C2)C(=O)N[C@@H](CC(C)C)C(=O)N(C)[C@@H](CC2CCCCC2)C(=O)N1C. The Bertz CT molecular complexity index is 2830. The average Bonchev–Trinajstić information content (AvgIpc) is 0.815. The Kier molecular flexibility index (Phi) is 36.6. The van der Waals surface area contributed by atoms with Crippen molar-refractivity contribution in [3.63, 3.8) is 0 Å². The van der Waals surface area contributed by atoms with Crippen LogP contribution in [-0.2, 0) is 62.3 Å². The van der Waals surface area contributed by atoms with Crippen LogP contribution in [0.25, 0.3) is 0 Å². The first-order chi connectivity index (χ1) is 48.2. The summed E-state index contributed by atoms with van der Waals surface area (Å²) in [6, 6.07) is -13.5. The van der Waals surface area contributed by atoms with Gasteiger partial charge in [-0.3, -0.25) is 57.5 Å². The smallest absolute Gasteiger partial charge is 0.248 e. The molecule has 2 saturated carbocycles. The predicted molar refractivity (Wildman–Crippen MR) is 394 cm³/mol. The summed E-state index contributed by atoms with van der Waals surface area (Å²) < 4.78 is 5.86. The van der Waals surface area contributed by atoms with Crippen molar-refractivity contribution in [3.8, 4) is 0 Å². The molecule has 28 heteroatoms. The summed E-state index contributed by atoms with van der Waals surface area (Å²) in [6.45, 7) is 20.2. The third-order valence-electron chi connectivity index (χ3n) is 21.4. The van der Waals surface area contributed by atoms with Gasteiger partial charge < -0.3 is 75.4 Å². The second kappa shape index (κ2) is 42.2. The number of likely N-dealkylation sites (tertiary alicyclic amines) is 1. The molecule has 4 rings (SSSR count). The molecule has 27 nitrogen and oxygen atoms in total. The molecule has 2 unspecified atom stereocenters. The minimum atomic E-state index is -1.65. The minimum Gasteiger partial charge on any atom is -0.391 e. The van der Waals surface area contributed by atoms with Crippen LogP contribution in [0.15, 0.2) is 0 Å². The van der Waals surface area contributed by atoms with Crippen molar-refractivity contribution in [2.24, 2.45) is 41.4 Å². The number of halogens is 1. The Morgan fingerprint density at radius 1 is 0.505 bits per heavy atom. The van der Waals surface area contributed by atoms with Crippen molar-refractivity contribution in [3.05, 3.63) is 0 Å². The maximum absolute atomic E-state index is 15.7. The number of ether oxygens (including phenoxy) is 1. The number of hydrogen-bond acceptors (Lipinski definition) is 15. The highest BCUT2D eigenvalue weighted by Crippen LogP contribution is 2.34. The van der Waals surface area contributed by atoms with Gasteiger partial charge in [0.05, 0.1) is 38.4 Å². The molecular formula is C75H131ClN12O15. The molecular weight excluding hydrogens is 1340 g/mol. The van der Waals surface area contributed by atoms with Crippen molar-refractivity contribution in [1.29, 1.82) is 0 Å². The summed E-state index contributed by atoms with van der Waals surface area (Å²) in [7, 11) is 9.93. The van der Waals surface area contributed by atoms with E-state index in [9.17, 15) is 34.2 Å². The van der Waals surface area contributed by atoms with Crippen LogP contribution in [-0.4, -0.2) is 280 Å². The molecule has 2 saturated heterocycles. The highest BCUT2D eigenvalue weighted by Gasteiger charge is 2.46. The van der Waals surface area contributed by atoms with Gasteiger partial charge in [0.15, 0.2) is 0 Å². The number of hydrogen-bond donors (Lipinski definition) is 6. The monoisotopic (exact) mass is 1470 g/mol. The van der Waals surface area contributed by atoms with E-state index in [-0.39, 0.29) is 73.7 Å². The second-order valence-electron chi connectivity index (χ2n) is 32.0. The Hall–Kier alpha value is -6.19. The number of alkyl halides is 1. The summed E-state index contributed by atoms with van der Waals surface area (Å²) in [5.41, 5.74) is 0. The Balaban J connectivity index is 2.01. The number of aliphatic hydroxyl groups excluding tert-OH is 2. The molecule has 0 spiro atoms. The first-order valence-corrected chi connectivity index (χ1v) is 38.6. The zero-order chi connectivity index (χ0) is 77.6. The molecule has 2 aliphatic heterocycles. The molecule has 2 heterocycles. The number of carbonyl (C=O) groups excluding carboxylic acids is 12. The molecule has 0 bridgehead atoms. The molecule has 4 fully saturated rings. The predicted octanol–water partition coefficient (Wildman–Crippen LogP) is 4.54. The van der Waals surface area contributed by atoms with E-state index in [2.05, 4.69) is 21.3 Å². The Labute approximate surface area is 619 Å². The van der Waals surface area contributed by atoms with Crippen molar-refractivity contribution in [2.45, 2.75) is 283 Å². The van der Waals surface area contributed by atoms with Gasteiger partial charge >= 0.3 is 0 Å². The van der Waals surface area contributed by atoms with E-state index in [0.717, 1.165) is 66.1 Å². The summed E-state index contributed by atoms with van der Waals surface area (Å²) in [5, 5.41) is 32.9. The molecule has 0 aromatic heterocycles. The fourth-order valence-corrected chi connectivity index (χ4v) is 15.5. The van der Waals surface area contributed by atoms with Crippen LogP contribution >= 0.6 is 11.6 Å². The number of piperidine rings is 1. The van der Waals surface area contributed by atoms with Gasteiger partial charge in [-0.15, -0.1) is 11.6 Å². The average molecular weight is 1480 g/mol. The number of amides is 12. The zero-order valence-electron chi connectivity index (χ0n) is 65.7. The first kappa shape index (κ1) is 89.2. The fourth-order valence-electron chi connectivity index (χ4n) is 15.1. The van der Waals surface area contributed by atoms with Crippen molar-refractivity contribution < 1.29 is 72.5 Å². The lowest BCUT2D eigenvalue weighted by Gasteiger charge is -2.40. The van der Waals surface area contributed by atoms with Crippen LogP contribution in [0.4, 0.5) is 0 Å². The van der Waals surface area contributed by atoms with E-state index >= 15 is 33.6 Å².